The monoisotopic (exact) mass is 432 g/mol. The Hall–Kier alpha value is -2.53. The van der Waals surface area contributed by atoms with Gasteiger partial charge in [-0.2, -0.15) is 5.10 Å². The van der Waals surface area contributed by atoms with Gasteiger partial charge < -0.3 is 4.74 Å². The van der Waals surface area contributed by atoms with Gasteiger partial charge in [0.05, 0.1) is 6.21 Å². The summed E-state index contributed by atoms with van der Waals surface area (Å²) in [4.78, 5) is 12.0. The van der Waals surface area contributed by atoms with E-state index in [0.29, 0.717) is 33.0 Å². The van der Waals surface area contributed by atoms with Gasteiger partial charge in [0, 0.05) is 26.2 Å². The van der Waals surface area contributed by atoms with Gasteiger partial charge in [0.1, 0.15) is 12.4 Å². The van der Waals surface area contributed by atoms with Crippen LogP contribution in [-0.4, -0.2) is 12.1 Å². The molecule has 0 unspecified atom stereocenters. The number of carbonyl (C=O) groups is 1. The molecule has 3 aromatic carbocycles. The molecule has 0 atom stereocenters. The molecule has 0 bridgehead atoms. The van der Waals surface area contributed by atoms with Crippen molar-refractivity contribution in [2.45, 2.75) is 6.61 Å². The third-order valence-electron chi connectivity index (χ3n) is 3.75. The minimum Gasteiger partial charge on any atom is -0.489 e. The molecule has 0 radical (unpaired) electrons. The lowest BCUT2D eigenvalue weighted by molar-refractivity contribution is 0.0955. The van der Waals surface area contributed by atoms with E-state index in [1.165, 1.54) is 6.21 Å². The number of nitrogens with zero attached hydrogens (tertiary/aromatic N) is 1. The zero-order valence-electron chi connectivity index (χ0n) is 14.5. The molecule has 0 aromatic heterocycles. The van der Waals surface area contributed by atoms with Crippen molar-refractivity contribution in [3.63, 3.8) is 0 Å². The lowest BCUT2D eigenvalue weighted by Crippen LogP contribution is -2.17. The highest BCUT2D eigenvalue weighted by molar-refractivity contribution is 6.35. The number of ether oxygens (including phenoxy) is 1. The Morgan fingerprint density at radius 3 is 2.46 bits per heavy atom. The number of halogens is 3. The van der Waals surface area contributed by atoms with Gasteiger partial charge in [-0.3, -0.25) is 4.79 Å². The largest absolute Gasteiger partial charge is 0.489 e. The van der Waals surface area contributed by atoms with Crippen LogP contribution in [0.1, 0.15) is 21.5 Å². The van der Waals surface area contributed by atoms with Crippen LogP contribution >= 0.6 is 34.8 Å². The average molecular weight is 434 g/mol. The van der Waals surface area contributed by atoms with Crippen LogP contribution in [0.3, 0.4) is 0 Å². The van der Waals surface area contributed by atoms with E-state index >= 15 is 0 Å². The molecule has 7 heteroatoms. The van der Waals surface area contributed by atoms with Crippen molar-refractivity contribution < 1.29 is 9.53 Å². The summed E-state index contributed by atoms with van der Waals surface area (Å²) in [5.41, 5.74) is 4.55. The van der Waals surface area contributed by atoms with Crippen LogP contribution in [-0.2, 0) is 6.61 Å². The summed E-state index contributed by atoms with van der Waals surface area (Å²) in [6, 6.07) is 19.1. The molecular formula is C21H15Cl3N2O2. The van der Waals surface area contributed by atoms with Crippen LogP contribution in [0.25, 0.3) is 0 Å². The lowest BCUT2D eigenvalue weighted by atomic mass is 10.2. The van der Waals surface area contributed by atoms with Crippen molar-refractivity contribution in [2.24, 2.45) is 5.10 Å². The number of rotatable bonds is 6. The van der Waals surface area contributed by atoms with Crippen molar-refractivity contribution in [3.8, 4) is 5.75 Å². The zero-order valence-corrected chi connectivity index (χ0v) is 16.8. The summed E-state index contributed by atoms with van der Waals surface area (Å²) in [7, 11) is 0. The Balaban J connectivity index is 1.58. The van der Waals surface area contributed by atoms with Crippen LogP contribution in [0.2, 0.25) is 15.1 Å². The maximum Gasteiger partial charge on any atom is 0.271 e. The number of hydrogen-bond donors (Lipinski definition) is 1. The standard InChI is InChI=1S/C21H15Cl3N2O2/c22-17-7-4-15(5-8-17)21(27)26-25-12-14-2-1-3-19(10-14)28-13-16-6-9-18(23)11-20(16)24/h1-12H,13H2,(H,26,27)/b25-12+. The first kappa shape index (κ1) is 20.2. The number of amides is 1. The second-order valence-electron chi connectivity index (χ2n) is 5.80. The molecule has 0 saturated heterocycles. The fourth-order valence-corrected chi connectivity index (χ4v) is 2.90. The topological polar surface area (TPSA) is 50.7 Å². The van der Waals surface area contributed by atoms with Crippen molar-refractivity contribution >= 4 is 46.9 Å². The number of nitrogens with one attached hydrogen (secondary N) is 1. The first-order valence-corrected chi connectivity index (χ1v) is 9.40. The molecule has 28 heavy (non-hydrogen) atoms. The van der Waals surface area contributed by atoms with Gasteiger partial charge in [-0.05, 0) is 54.1 Å². The SMILES string of the molecule is O=C(N/N=C/c1cccc(OCc2ccc(Cl)cc2Cl)c1)c1ccc(Cl)cc1. The van der Waals surface area contributed by atoms with Gasteiger partial charge in [0.2, 0.25) is 0 Å². The fraction of sp³-hybridized carbons (Fsp3) is 0.0476. The molecule has 0 fully saturated rings. The van der Waals surface area contributed by atoms with Crippen LogP contribution in [0.4, 0.5) is 0 Å². The third-order valence-corrected chi connectivity index (χ3v) is 4.59. The van der Waals surface area contributed by atoms with Gasteiger partial charge in [-0.1, -0.05) is 53.0 Å². The Kier molecular flexibility index (Phi) is 6.93. The Morgan fingerprint density at radius 1 is 0.964 bits per heavy atom. The molecule has 1 amide bonds. The predicted octanol–water partition coefficient (Wildman–Crippen LogP) is 5.99. The van der Waals surface area contributed by atoms with E-state index in [9.17, 15) is 4.79 Å². The molecule has 0 spiro atoms. The highest BCUT2D eigenvalue weighted by Gasteiger charge is 2.04. The smallest absolute Gasteiger partial charge is 0.271 e. The summed E-state index contributed by atoms with van der Waals surface area (Å²) in [6.45, 7) is 0.309. The van der Waals surface area contributed by atoms with Crippen molar-refractivity contribution in [1.82, 2.24) is 5.43 Å². The van der Waals surface area contributed by atoms with Gasteiger partial charge in [0.25, 0.3) is 5.91 Å². The molecule has 4 nitrogen and oxygen atoms in total. The summed E-state index contributed by atoms with van der Waals surface area (Å²) < 4.78 is 5.77. The van der Waals surface area contributed by atoms with Crippen LogP contribution < -0.4 is 10.2 Å². The first-order chi connectivity index (χ1) is 13.5. The van der Waals surface area contributed by atoms with E-state index in [-0.39, 0.29) is 5.91 Å². The summed E-state index contributed by atoms with van der Waals surface area (Å²) >= 11 is 17.9. The first-order valence-electron chi connectivity index (χ1n) is 8.27. The predicted molar refractivity (Wildman–Crippen MR) is 114 cm³/mol. The molecule has 0 saturated carbocycles. The summed E-state index contributed by atoms with van der Waals surface area (Å²) in [5, 5.41) is 5.67. The lowest BCUT2D eigenvalue weighted by Gasteiger charge is -2.08. The highest BCUT2D eigenvalue weighted by Crippen LogP contribution is 2.23. The van der Waals surface area contributed by atoms with Gasteiger partial charge in [0.15, 0.2) is 0 Å². The maximum absolute atomic E-state index is 12.0. The minimum absolute atomic E-state index is 0.309. The number of carbonyl (C=O) groups excluding carboxylic acids is 1. The molecule has 0 aliphatic carbocycles. The molecule has 3 rings (SSSR count). The minimum atomic E-state index is -0.322. The van der Waals surface area contributed by atoms with Crippen molar-refractivity contribution in [1.29, 1.82) is 0 Å². The Bertz CT molecular complexity index is 1000. The van der Waals surface area contributed by atoms with Crippen LogP contribution in [0.5, 0.6) is 5.75 Å². The van der Waals surface area contributed by atoms with Crippen LogP contribution in [0, 0.1) is 0 Å². The normalized spacial score (nSPS) is 10.8. The van der Waals surface area contributed by atoms with Gasteiger partial charge in [-0.25, -0.2) is 5.43 Å². The highest BCUT2D eigenvalue weighted by atomic mass is 35.5. The second-order valence-corrected chi connectivity index (χ2v) is 7.08. The van der Waals surface area contributed by atoms with E-state index in [0.717, 1.165) is 11.1 Å². The number of hydrazone groups is 1. The number of benzene rings is 3. The van der Waals surface area contributed by atoms with E-state index in [1.54, 1.807) is 36.4 Å². The summed E-state index contributed by atoms with van der Waals surface area (Å²) in [6.07, 6.45) is 1.54. The molecule has 3 aromatic rings. The van der Waals surface area contributed by atoms with E-state index in [2.05, 4.69) is 10.5 Å². The maximum atomic E-state index is 12.0. The van der Waals surface area contributed by atoms with Crippen molar-refractivity contribution in [3.05, 3.63) is 98.5 Å². The van der Waals surface area contributed by atoms with E-state index in [4.69, 9.17) is 39.5 Å². The second kappa shape index (κ2) is 9.60. The van der Waals surface area contributed by atoms with Gasteiger partial charge >= 0.3 is 0 Å². The molecule has 1 N–H and O–H groups in total. The average Bonchev–Trinajstić information content (AvgIpc) is 2.68. The van der Waals surface area contributed by atoms with Gasteiger partial charge in [-0.15, -0.1) is 0 Å². The molecule has 0 heterocycles. The molecular weight excluding hydrogens is 419 g/mol. The molecule has 142 valence electrons. The van der Waals surface area contributed by atoms with Crippen molar-refractivity contribution in [2.75, 3.05) is 0 Å². The van der Waals surface area contributed by atoms with E-state index < -0.39 is 0 Å². The van der Waals surface area contributed by atoms with E-state index in [1.807, 2.05) is 30.3 Å². The molecule has 0 aliphatic rings. The number of hydrogen-bond acceptors (Lipinski definition) is 3. The Labute approximate surface area is 177 Å². The summed E-state index contributed by atoms with van der Waals surface area (Å²) in [5.74, 6) is 0.330. The fourth-order valence-electron chi connectivity index (χ4n) is 2.32. The quantitative estimate of drug-likeness (QED) is 0.383. The Morgan fingerprint density at radius 2 is 1.71 bits per heavy atom. The third kappa shape index (κ3) is 5.73. The zero-order chi connectivity index (χ0) is 19.9. The molecule has 0 aliphatic heterocycles. The van der Waals surface area contributed by atoms with Crippen LogP contribution in [0.15, 0.2) is 71.8 Å².